The molecule has 1 fully saturated rings. The van der Waals surface area contributed by atoms with Crippen LogP contribution >= 0.6 is 0 Å². The largest absolute Gasteiger partial charge is 0.378 e. The summed E-state index contributed by atoms with van der Waals surface area (Å²) >= 11 is 0. The minimum absolute atomic E-state index is 0.0481. The number of benzene rings is 1. The molecular weight excluding hydrogens is 240 g/mol. The van der Waals surface area contributed by atoms with Crippen molar-refractivity contribution in [2.45, 2.75) is 6.92 Å². The van der Waals surface area contributed by atoms with Crippen LogP contribution in [0.3, 0.4) is 0 Å². The second kappa shape index (κ2) is 4.97. The summed E-state index contributed by atoms with van der Waals surface area (Å²) in [6, 6.07) is 7.77. The van der Waals surface area contributed by atoms with Crippen molar-refractivity contribution in [3.63, 3.8) is 0 Å². The van der Waals surface area contributed by atoms with Crippen molar-refractivity contribution in [3.8, 4) is 0 Å². The Bertz CT molecular complexity index is 619. The average molecular weight is 256 g/mol. The van der Waals surface area contributed by atoms with E-state index in [1.807, 2.05) is 36.1 Å². The molecule has 98 valence electrons. The summed E-state index contributed by atoms with van der Waals surface area (Å²) in [5.74, 6) is 0.0481. The number of carbonyl (C=O) groups excluding carboxylic acids is 1. The molecule has 0 saturated carbocycles. The van der Waals surface area contributed by atoms with E-state index in [-0.39, 0.29) is 5.91 Å². The predicted octanol–water partition coefficient (Wildman–Crippen LogP) is 2.02. The normalized spacial score (nSPS) is 15.7. The maximum absolute atomic E-state index is 12.6. The second-order valence-electron chi connectivity index (χ2n) is 4.73. The van der Waals surface area contributed by atoms with Gasteiger partial charge in [-0.3, -0.25) is 9.78 Å². The van der Waals surface area contributed by atoms with Crippen LogP contribution in [0.25, 0.3) is 10.9 Å². The number of pyridine rings is 1. The third-order valence-corrected chi connectivity index (χ3v) is 3.52. The number of aromatic nitrogens is 1. The first kappa shape index (κ1) is 12.1. The first-order valence-corrected chi connectivity index (χ1v) is 6.49. The third-order valence-electron chi connectivity index (χ3n) is 3.52. The highest BCUT2D eigenvalue weighted by Gasteiger charge is 2.21. The Morgan fingerprint density at radius 2 is 2.05 bits per heavy atom. The molecule has 4 heteroatoms. The molecule has 0 unspecified atom stereocenters. The molecule has 0 atom stereocenters. The Morgan fingerprint density at radius 3 is 2.84 bits per heavy atom. The van der Waals surface area contributed by atoms with Gasteiger partial charge in [-0.05, 0) is 24.6 Å². The molecule has 2 aromatic rings. The fraction of sp³-hybridized carbons (Fsp3) is 0.333. The fourth-order valence-electron chi connectivity index (χ4n) is 2.42. The number of ether oxygens (including phenoxy) is 1. The summed E-state index contributed by atoms with van der Waals surface area (Å²) < 4.78 is 5.28. The van der Waals surface area contributed by atoms with Crippen LogP contribution in [-0.2, 0) is 4.74 Å². The highest BCUT2D eigenvalue weighted by Crippen LogP contribution is 2.21. The van der Waals surface area contributed by atoms with Gasteiger partial charge in [0.1, 0.15) is 0 Å². The molecule has 3 rings (SSSR count). The van der Waals surface area contributed by atoms with Crippen molar-refractivity contribution in [1.29, 1.82) is 0 Å². The monoisotopic (exact) mass is 256 g/mol. The van der Waals surface area contributed by atoms with Gasteiger partial charge in [-0.2, -0.15) is 0 Å². The molecule has 0 bridgehead atoms. The number of hydrogen-bond acceptors (Lipinski definition) is 3. The maximum Gasteiger partial charge on any atom is 0.256 e. The number of nitrogens with zero attached hydrogens (tertiary/aromatic N) is 2. The Hall–Kier alpha value is -1.94. The van der Waals surface area contributed by atoms with Crippen molar-refractivity contribution in [1.82, 2.24) is 9.88 Å². The summed E-state index contributed by atoms with van der Waals surface area (Å²) in [6.45, 7) is 4.57. The molecule has 0 radical (unpaired) electrons. The second-order valence-corrected chi connectivity index (χ2v) is 4.73. The molecule has 1 amide bonds. The smallest absolute Gasteiger partial charge is 0.256 e. The summed E-state index contributed by atoms with van der Waals surface area (Å²) in [4.78, 5) is 18.8. The summed E-state index contributed by atoms with van der Waals surface area (Å²) in [6.07, 6.45) is 1.73. The molecule has 1 saturated heterocycles. The highest BCUT2D eigenvalue weighted by molar-refractivity contribution is 6.06. The van der Waals surface area contributed by atoms with Gasteiger partial charge in [0.2, 0.25) is 0 Å². The molecule has 4 nitrogen and oxygen atoms in total. The van der Waals surface area contributed by atoms with Gasteiger partial charge < -0.3 is 9.64 Å². The Labute approximate surface area is 112 Å². The van der Waals surface area contributed by atoms with Crippen LogP contribution in [0.2, 0.25) is 0 Å². The van der Waals surface area contributed by atoms with Crippen molar-refractivity contribution in [2.75, 3.05) is 26.3 Å². The van der Waals surface area contributed by atoms with Gasteiger partial charge in [0.25, 0.3) is 5.91 Å². The number of fused-ring (bicyclic) bond motifs is 1. The van der Waals surface area contributed by atoms with Crippen LogP contribution in [0.15, 0.2) is 30.5 Å². The van der Waals surface area contributed by atoms with E-state index in [0.717, 1.165) is 16.5 Å². The molecule has 0 spiro atoms. The lowest BCUT2D eigenvalue weighted by Crippen LogP contribution is -2.40. The van der Waals surface area contributed by atoms with E-state index in [0.29, 0.717) is 31.9 Å². The van der Waals surface area contributed by atoms with Crippen LogP contribution in [-0.4, -0.2) is 42.1 Å². The molecule has 1 aromatic carbocycles. The Kier molecular flexibility index (Phi) is 3.17. The van der Waals surface area contributed by atoms with E-state index in [2.05, 4.69) is 4.98 Å². The zero-order chi connectivity index (χ0) is 13.2. The van der Waals surface area contributed by atoms with Crippen molar-refractivity contribution < 1.29 is 9.53 Å². The standard InChI is InChI=1S/C15H16N2O2/c1-11-4-5-13(14-12(11)3-2-6-16-14)15(18)17-7-9-19-10-8-17/h2-6H,7-10H2,1H3. The van der Waals surface area contributed by atoms with Crippen LogP contribution in [0.4, 0.5) is 0 Å². The topological polar surface area (TPSA) is 42.4 Å². The van der Waals surface area contributed by atoms with E-state index in [1.54, 1.807) is 6.20 Å². The van der Waals surface area contributed by atoms with Crippen LogP contribution in [0, 0.1) is 6.92 Å². The lowest BCUT2D eigenvalue weighted by atomic mass is 10.0. The number of hydrogen-bond donors (Lipinski definition) is 0. The van der Waals surface area contributed by atoms with E-state index >= 15 is 0 Å². The number of rotatable bonds is 1. The third kappa shape index (κ3) is 2.19. The SMILES string of the molecule is Cc1ccc(C(=O)N2CCOCC2)c2ncccc12. The summed E-state index contributed by atoms with van der Waals surface area (Å²) in [7, 11) is 0. The van der Waals surface area contributed by atoms with Crippen molar-refractivity contribution in [2.24, 2.45) is 0 Å². The van der Waals surface area contributed by atoms with Crippen LogP contribution in [0.1, 0.15) is 15.9 Å². The molecule has 1 aromatic heterocycles. The van der Waals surface area contributed by atoms with E-state index < -0.39 is 0 Å². The van der Waals surface area contributed by atoms with Crippen LogP contribution in [0.5, 0.6) is 0 Å². The maximum atomic E-state index is 12.6. The van der Waals surface area contributed by atoms with Gasteiger partial charge in [0, 0.05) is 24.7 Å². The Morgan fingerprint density at radius 1 is 1.26 bits per heavy atom. The van der Waals surface area contributed by atoms with Crippen LogP contribution < -0.4 is 0 Å². The molecule has 19 heavy (non-hydrogen) atoms. The number of carbonyl (C=O) groups is 1. The average Bonchev–Trinajstić information content (AvgIpc) is 2.48. The lowest BCUT2D eigenvalue weighted by Gasteiger charge is -2.27. The molecule has 2 heterocycles. The predicted molar refractivity (Wildman–Crippen MR) is 73.2 cm³/mol. The van der Waals surface area contributed by atoms with Gasteiger partial charge in [-0.1, -0.05) is 12.1 Å². The minimum Gasteiger partial charge on any atom is -0.378 e. The van der Waals surface area contributed by atoms with Gasteiger partial charge in [0.15, 0.2) is 0 Å². The summed E-state index contributed by atoms with van der Waals surface area (Å²) in [5.41, 5.74) is 2.61. The molecular formula is C15H16N2O2. The number of amides is 1. The highest BCUT2D eigenvalue weighted by atomic mass is 16.5. The van der Waals surface area contributed by atoms with Crippen molar-refractivity contribution in [3.05, 3.63) is 41.6 Å². The zero-order valence-corrected chi connectivity index (χ0v) is 10.9. The lowest BCUT2D eigenvalue weighted by molar-refractivity contribution is 0.0304. The molecule has 0 aliphatic carbocycles. The fourth-order valence-corrected chi connectivity index (χ4v) is 2.42. The van der Waals surface area contributed by atoms with E-state index in [1.165, 1.54) is 0 Å². The molecule has 1 aliphatic heterocycles. The summed E-state index contributed by atoms with van der Waals surface area (Å²) in [5, 5.41) is 1.04. The van der Waals surface area contributed by atoms with Crippen molar-refractivity contribution >= 4 is 16.8 Å². The molecule has 0 N–H and O–H groups in total. The van der Waals surface area contributed by atoms with E-state index in [9.17, 15) is 4.79 Å². The quantitative estimate of drug-likeness (QED) is 0.784. The van der Waals surface area contributed by atoms with Gasteiger partial charge in [-0.15, -0.1) is 0 Å². The number of aryl methyl sites for hydroxylation is 1. The molecule has 1 aliphatic rings. The van der Waals surface area contributed by atoms with Gasteiger partial charge in [-0.25, -0.2) is 0 Å². The minimum atomic E-state index is 0.0481. The zero-order valence-electron chi connectivity index (χ0n) is 10.9. The first-order chi connectivity index (χ1) is 9.27. The van der Waals surface area contributed by atoms with Gasteiger partial charge in [0.05, 0.1) is 24.3 Å². The first-order valence-electron chi connectivity index (χ1n) is 6.49. The number of morpholine rings is 1. The Balaban J connectivity index is 2.05. The van der Waals surface area contributed by atoms with Gasteiger partial charge >= 0.3 is 0 Å². The van der Waals surface area contributed by atoms with E-state index in [4.69, 9.17) is 4.74 Å².